The summed E-state index contributed by atoms with van der Waals surface area (Å²) in [4.78, 5) is 4.42. The fourth-order valence-corrected chi connectivity index (χ4v) is 3.51. The molecule has 0 amide bonds. The Morgan fingerprint density at radius 1 is 1.36 bits per heavy atom. The van der Waals surface area contributed by atoms with Crippen LogP contribution in [0.4, 0.5) is 5.82 Å². The number of unbranched alkanes of at least 4 members (excludes halogenated alkanes) is 1. The Hall–Kier alpha value is -2.49. The molecule has 2 heterocycles. The van der Waals surface area contributed by atoms with Crippen molar-refractivity contribution in [3.05, 3.63) is 35.4 Å². The standard InChI is InChI=1S/C21H26N4O2.ClH/c1-2-3-11-27-19-6-4-5-18(26)20(19)17-12-15(14-7-9-24-10-8-14)16(13-22)21(23)25-17;/h4-6,12,14,24,26H,2-3,7-11H2,1H3,(H2,23,25);1H. The van der Waals surface area contributed by atoms with Crippen molar-refractivity contribution in [2.75, 3.05) is 25.4 Å². The molecular formula is C21H27ClN4O2. The summed E-state index contributed by atoms with van der Waals surface area (Å²) in [6.07, 6.45) is 3.84. The van der Waals surface area contributed by atoms with Gasteiger partial charge in [-0.1, -0.05) is 19.4 Å². The van der Waals surface area contributed by atoms with Crippen LogP contribution >= 0.6 is 12.4 Å². The molecule has 1 saturated heterocycles. The summed E-state index contributed by atoms with van der Waals surface area (Å²) in [5.41, 5.74) is 8.55. The fourth-order valence-electron chi connectivity index (χ4n) is 3.51. The van der Waals surface area contributed by atoms with Crippen molar-refractivity contribution in [3.8, 4) is 28.8 Å². The summed E-state index contributed by atoms with van der Waals surface area (Å²) in [5, 5.41) is 23.4. The molecule has 1 fully saturated rings. The van der Waals surface area contributed by atoms with Crippen LogP contribution in [0.3, 0.4) is 0 Å². The minimum atomic E-state index is 0. The minimum Gasteiger partial charge on any atom is -0.507 e. The number of nitriles is 1. The zero-order chi connectivity index (χ0) is 19.2. The largest absolute Gasteiger partial charge is 0.507 e. The Bertz CT molecular complexity index is 845. The van der Waals surface area contributed by atoms with E-state index in [-0.39, 0.29) is 29.9 Å². The highest BCUT2D eigenvalue weighted by atomic mass is 35.5. The van der Waals surface area contributed by atoms with Gasteiger partial charge in [0.2, 0.25) is 0 Å². The summed E-state index contributed by atoms with van der Waals surface area (Å²) in [6.45, 7) is 4.49. The lowest BCUT2D eigenvalue weighted by Gasteiger charge is -2.25. The monoisotopic (exact) mass is 402 g/mol. The van der Waals surface area contributed by atoms with Crippen LogP contribution in [-0.2, 0) is 0 Å². The number of nitrogens with one attached hydrogen (secondary N) is 1. The van der Waals surface area contributed by atoms with E-state index in [1.807, 2.05) is 12.1 Å². The molecule has 0 saturated carbocycles. The number of aromatic nitrogens is 1. The fraction of sp³-hybridized carbons (Fsp3) is 0.429. The number of anilines is 1. The van der Waals surface area contributed by atoms with Crippen LogP contribution in [0.1, 0.15) is 49.7 Å². The normalized spacial score (nSPS) is 14.1. The van der Waals surface area contributed by atoms with Gasteiger partial charge in [0.15, 0.2) is 0 Å². The molecule has 0 spiro atoms. The molecule has 0 aliphatic carbocycles. The Labute approximate surface area is 172 Å². The molecule has 0 unspecified atom stereocenters. The minimum absolute atomic E-state index is 0. The molecule has 6 nitrogen and oxygen atoms in total. The van der Waals surface area contributed by atoms with E-state index in [1.54, 1.807) is 12.1 Å². The maximum Gasteiger partial charge on any atom is 0.142 e. The molecule has 0 radical (unpaired) electrons. The third-order valence-electron chi connectivity index (χ3n) is 4.98. The second kappa shape index (κ2) is 10.2. The number of nitrogens with zero attached hydrogens (tertiary/aromatic N) is 2. The van der Waals surface area contributed by atoms with Gasteiger partial charge in [0.05, 0.1) is 23.4 Å². The molecule has 4 N–H and O–H groups in total. The Morgan fingerprint density at radius 2 is 2.11 bits per heavy atom. The van der Waals surface area contributed by atoms with E-state index in [0.717, 1.165) is 44.3 Å². The van der Waals surface area contributed by atoms with Crippen LogP contribution in [0.5, 0.6) is 11.5 Å². The van der Waals surface area contributed by atoms with Crippen LogP contribution in [0.25, 0.3) is 11.3 Å². The number of halogens is 1. The first-order valence-corrected chi connectivity index (χ1v) is 9.52. The SMILES string of the molecule is CCCCOc1cccc(O)c1-c1cc(C2CCNCC2)c(C#N)c(N)n1.Cl. The zero-order valence-electron chi connectivity index (χ0n) is 16.1. The molecule has 1 aromatic carbocycles. The maximum atomic E-state index is 10.5. The van der Waals surface area contributed by atoms with Gasteiger partial charge < -0.3 is 20.9 Å². The summed E-state index contributed by atoms with van der Waals surface area (Å²) in [7, 11) is 0. The summed E-state index contributed by atoms with van der Waals surface area (Å²) in [5.74, 6) is 1.12. The first-order chi connectivity index (χ1) is 13.2. The number of phenols is 1. The predicted octanol–water partition coefficient (Wildman–Crippen LogP) is 3.98. The molecule has 2 aromatic rings. The van der Waals surface area contributed by atoms with E-state index >= 15 is 0 Å². The number of hydrogen-bond acceptors (Lipinski definition) is 6. The second-order valence-electron chi connectivity index (χ2n) is 6.85. The van der Waals surface area contributed by atoms with Gasteiger partial charge in [-0.2, -0.15) is 5.26 Å². The number of benzene rings is 1. The van der Waals surface area contributed by atoms with Gasteiger partial charge >= 0.3 is 0 Å². The smallest absolute Gasteiger partial charge is 0.142 e. The number of nitrogens with two attached hydrogens (primary N) is 1. The summed E-state index contributed by atoms with van der Waals surface area (Å²) >= 11 is 0. The van der Waals surface area contributed by atoms with Crippen molar-refractivity contribution >= 4 is 18.2 Å². The van der Waals surface area contributed by atoms with E-state index < -0.39 is 0 Å². The van der Waals surface area contributed by atoms with Crippen molar-refractivity contribution in [2.24, 2.45) is 0 Å². The van der Waals surface area contributed by atoms with Crippen molar-refractivity contribution in [2.45, 2.75) is 38.5 Å². The molecule has 28 heavy (non-hydrogen) atoms. The Morgan fingerprint density at radius 3 is 2.79 bits per heavy atom. The second-order valence-corrected chi connectivity index (χ2v) is 6.85. The van der Waals surface area contributed by atoms with E-state index in [4.69, 9.17) is 10.5 Å². The Balaban J connectivity index is 0.00000280. The molecule has 1 aliphatic rings. The van der Waals surface area contributed by atoms with Gasteiger partial charge in [-0.25, -0.2) is 4.98 Å². The number of rotatable bonds is 6. The van der Waals surface area contributed by atoms with E-state index in [1.165, 1.54) is 0 Å². The molecule has 7 heteroatoms. The summed E-state index contributed by atoms with van der Waals surface area (Å²) in [6, 6.07) is 9.29. The van der Waals surface area contributed by atoms with E-state index in [9.17, 15) is 10.4 Å². The first-order valence-electron chi connectivity index (χ1n) is 9.52. The quantitative estimate of drug-likeness (QED) is 0.631. The number of ether oxygens (including phenoxy) is 1. The highest BCUT2D eigenvalue weighted by Gasteiger charge is 2.23. The lowest BCUT2D eigenvalue weighted by Crippen LogP contribution is -2.27. The third kappa shape index (κ3) is 4.67. The highest BCUT2D eigenvalue weighted by molar-refractivity contribution is 5.85. The number of piperidine rings is 1. The van der Waals surface area contributed by atoms with Gasteiger partial charge in [-0.15, -0.1) is 12.4 Å². The van der Waals surface area contributed by atoms with Crippen molar-refractivity contribution in [1.29, 1.82) is 5.26 Å². The summed E-state index contributed by atoms with van der Waals surface area (Å²) < 4.78 is 5.88. The van der Waals surface area contributed by atoms with Crippen LogP contribution in [0.15, 0.2) is 24.3 Å². The first kappa shape index (κ1) is 21.8. The molecule has 0 atom stereocenters. The molecule has 3 rings (SSSR count). The van der Waals surface area contributed by atoms with Crippen LogP contribution in [-0.4, -0.2) is 29.8 Å². The molecule has 0 bridgehead atoms. The lowest BCUT2D eigenvalue weighted by molar-refractivity contribution is 0.309. The third-order valence-corrected chi connectivity index (χ3v) is 4.98. The number of hydrogen-bond donors (Lipinski definition) is 3. The topological polar surface area (TPSA) is 104 Å². The van der Waals surface area contributed by atoms with Crippen molar-refractivity contribution in [3.63, 3.8) is 0 Å². The van der Waals surface area contributed by atoms with Crippen LogP contribution in [0, 0.1) is 11.3 Å². The lowest BCUT2D eigenvalue weighted by atomic mass is 9.86. The van der Waals surface area contributed by atoms with Crippen molar-refractivity contribution in [1.82, 2.24) is 10.3 Å². The number of pyridine rings is 1. The Kier molecular flexibility index (Phi) is 7.91. The van der Waals surface area contributed by atoms with Gasteiger partial charge in [0.1, 0.15) is 23.4 Å². The average molecular weight is 403 g/mol. The average Bonchev–Trinajstić information content (AvgIpc) is 2.68. The maximum absolute atomic E-state index is 10.5. The molecule has 150 valence electrons. The van der Waals surface area contributed by atoms with Gasteiger partial charge in [-0.3, -0.25) is 0 Å². The van der Waals surface area contributed by atoms with Crippen LogP contribution in [0.2, 0.25) is 0 Å². The predicted molar refractivity (Wildman–Crippen MR) is 113 cm³/mol. The highest BCUT2D eigenvalue weighted by Crippen LogP contribution is 2.40. The molecule has 1 aliphatic heterocycles. The van der Waals surface area contributed by atoms with Crippen molar-refractivity contribution < 1.29 is 9.84 Å². The van der Waals surface area contributed by atoms with E-state index in [2.05, 4.69) is 23.3 Å². The van der Waals surface area contributed by atoms with Crippen LogP contribution < -0.4 is 15.8 Å². The molecule has 1 aromatic heterocycles. The van der Waals surface area contributed by atoms with Gasteiger partial charge in [0, 0.05) is 0 Å². The van der Waals surface area contributed by atoms with Gasteiger partial charge in [0.25, 0.3) is 0 Å². The van der Waals surface area contributed by atoms with E-state index in [0.29, 0.717) is 29.2 Å². The number of phenolic OH excluding ortho intramolecular Hbond substituents is 1. The van der Waals surface area contributed by atoms with Gasteiger partial charge in [-0.05, 0) is 62.0 Å². The molecular weight excluding hydrogens is 376 g/mol. The number of nitrogen functional groups attached to an aromatic ring is 1. The number of aromatic hydroxyl groups is 1. The zero-order valence-corrected chi connectivity index (χ0v) is 16.9.